The molecule has 9 heteroatoms. The minimum absolute atomic E-state index is 0.124. The van der Waals surface area contributed by atoms with Gasteiger partial charge in [-0.1, -0.05) is 12.1 Å². The summed E-state index contributed by atoms with van der Waals surface area (Å²) < 4.78 is 50.0. The number of allylic oxidation sites excluding steroid dienone is 1. The normalized spacial score (nSPS) is 13.2. The van der Waals surface area contributed by atoms with Crippen molar-refractivity contribution in [3.05, 3.63) is 64.6 Å². The van der Waals surface area contributed by atoms with E-state index in [1.165, 1.54) is 35.7 Å². The number of halogens is 3. The van der Waals surface area contributed by atoms with E-state index >= 15 is 0 Å². The fourth-order valence-corrected chi connectivity index (χ4v) is 3.53. The van der Waals surface area contributed by atoms with E-state index in [2.05, 4.69) is 10.3 Å². The predicted octanol–water partition coefficient (Wildman–Crippen LogP) is 5.53. The molecule has 0 aliphatic carbocycles. The Hall–Kier alpha value is -3.51. The molecule has 1 aliphatic rings. The van der Waals surface area contributed by atoms with Crippen LogP contribution < -0.4 is 14.8 Å². The van der Waals surface area contributed by atoms with Crippen LogP contribution in [-0.4, -0.2) is 11.8 Å². The molecule has 0 saturated heterocycles. The van der Waals surface area contributed by atoms with Gasteiger partial charge in [0.25, 0.3) is 0 Å². The van der Waals surface area contributed by atoms with Crippen LogP contribution in [0.4, 0.5) is 18.9 Å². The third-order valence-corrected chi connectivity index (χ3v) is 5.00. The standard InChI is InChI=1S/C20H12F3N3O2S/c21-20(22,23)14-3-1-2-4-15(14)25-9-13(8-24)19-26-16(10-29-19)12-5-6-17-18(7-12)28-11-27-17/h1-7,9-10,25H,11H2. The smallest absolute Gasteiger partial charge is 0.418 e. The van der Waals surface area contributed by atoms with Gasteiger partial charge in [-0.2, -0.15) is 18.4 Å². The van der Waals surface area contributed by atoms with Gasteiger partial charge < -0.3 is 14.8 Å². The molecule has 4 rings (SSSR count). The highest BCUT2D eigenvalue weighted by atomic mass is 32.1. The number of alkyl halides is 3. The molecule has 3 aromatic rings. The fraction of sp³-hybridized carbons (Fsp3) is 0.100. The Balaban J connectivity index is 1.59. The lowest BCUT2D eigenvalue weighted by molar-refractivity contribution is -0.136. The lowest BCUT2D eigenvalue weighted by atomic mass is 10.1. The van der Waals surface area contributed by atoms with Crippen molar-refractivity contribution in [3.63, 3.8) is 0 Å². The molecule has 29 heavy (non-hydrogen) atoms. The number of ether oxygens (including phenoxy) is 2. The number of nitrogens with one attached hydrogen (secondary N) is 1. The van der Waals surface area contributed by atoms with Crippen molar-refractivity contribution in [2.45, 2.75) is 6.18 Å². The molecule has 146 valence electrons. The molecule has 1 aromatic heterocycles. The van der Waals surface area contributed by atoms with Crippen LogP contribution in [0.5, 0.6) is 11.5 Å². The largest absolute Gasteiger partial charge is 0.454 e. The Bertz CT molecular complexity index is 1130. The molecule has 1 aliphatic heterocycles. The Morgan fingerprint density at radius 1 is 1.17 bits per heavy atom. The SMILES string of the molecule is N#CC(=CNc1ccccc1C(F)(F)F)c1nc(-c2ccc3c(c2)OCO3)cs1. The minimum atomic E-state index is -4.50. The Kier molecular flexibility index (Phi) is 4.86. The van der Waals surface area contributed by atoms with Crippen molar-refractivity contribution in [1.29, 1.82) is 5.26 Å². The summed E-state index contributed by atoms with van der Waals surface area (Å²) in [6, 6.07) is 12.4. The van der Waals surface area contributed by atoms with Gasteiger partial charge in [0.15, 0.2) is 11.5 Å². The molecule has 5 nitrogen and oxygen atoms in total. The zero-order chi connectivity index (χ0) is 20.4. The quantitative estimate of drug-likeness (QED) is 0.567. The first-order chi connectivity index (χ1) is 14.0. The maximum Gasteiger partial charge on any atom is 0.418 e. The minimum Gasteiger partial charge on any atom is -0.454 e. The van der Waals surface area contributed by atoms with Crippen LogP contribution in [0, 0.1) is 11.3 Å². The van der Waals surface area contributed by atoms with E-state index in [1.807, 2.05) is 12.1 Å². The Labute approximate surface area is 167 Å². The van der Waals surface area contributed by atoms with Gasteiger partial charge >= 0.3 is 6.18 Å². The van der Waals surface area contributed by atoms with Gasteiger partial charge in [0.05, 0.1) is 16.9 Å². The van der Waals surface area contributed by atoms with Gasteiger partial charge in [0, 0.05) is 17.1 Å². The molecular formula is C20H12F3N3O2S. The summed E-state index contributed by atoms with van der Waals surface area (Å²) >= 11 is 1.22. The number of rotatable bonds is 4. The second kappa shape index (κ2) is 7.48. The van der Waals surface area contributed by atoms with Crippen molar-refractivity contribution in [1.82, 2.24) is 4.98 Å². The molecule has 1 N–H and O–H groups in total. The van der Waals surface area contributed by atoms with Crippen LogP contribution in [0.2, 0.25) is 0 Å². The highest BCUT2D eigenvalue weighted by molar-refractivity contribution is 7.11. The van der Waals surface area contributed by atoms with Crippen molar-refractivity contribution in [3.8, 4) is 28.8 Å². The number of nitrogens with zero attached hydrogens (tertiary/aromatic N) is 2. The van der Waals surface area contributed by atoms with Crippen molar-refractivity contribution in [2.75, 3.05) is 12.1 Å². The molecule has 0 amide bonds. The van der Waals surface area contributed by atoms with Crippen LogP contribution >= 0.6 is 11.3 Å². The van der Waals surface area contributed by atoms with Crippen LogP contribution in [0.15, 0.2) is 54.0 Å². The van der Waals surface area contributed by atoms with Gasteiger partial charge in [0.1, 0.15) is 16.6 Å². The maximum absolute atomic E-state index is 13.1. The fourth-order valence-electron chi connectivity index (χ4n) is 2.73. The number of anilines is 1. The van der Waals surface area contributed by atoms with Crippen molar-refractivity contribution >= 4 is 22.6 Å². The first-order valence-electron chi connectivity index (χ1n) is 8.34. The van der Waals surface area contributed by atoms with E-state index in [9.17, 15) is 18.4 Å². The number of benzene rings is 2. The summed E-state index contributed by atoms with van der Waals surface area (Å²) in [6.45, 7) is 0.160. The highest BCUT2D eigenvalue weighted by Crippen LogP contribution is 2.37. The second-order valence-corrected chi connectivity index (χ2v) is 6.82. The number of hydrogen-bond acceptors (Lipinski definition) is 6. The molecule has 0 atom stereocenters. The van der Waals surface area contributed by atoms with E-state index < -0.39 is 11.7 Å². The molecule has 0 fully saturated rings. The van der Waals surface area contributed by atoms with Crippen LogP contribution in [0.25, 0.3) is 16.8 Å². The number of para-hydroxylation sites is 1. The third kappa shape index (κ3) is 3.88. The molecule has 2 heterocycles. The first-order valence-corrected chi connectivity index (χ1v) is 9.22. The number of nitriles is 1. The third-order valence-electron chi connectivity index (χ3n) is 4.13. The highest BCUT2D eigenvalue weighted by Gasteiger charge is 2.33. The molecular weight excluding hydrogens is 403 g/mol. The van der Waals surface area contributed by atoms with Crippen molar-refractivity contribution < 1.29 is 22.6 Å². The number of hydrogen-bond donors (Lipinski definition) is 1. The average Bonchev–Trinajstić information content (AvgIpc) is 3.37. The molecule has 0 bridgehead atoms. The topological polar surface area (TPSA) is 67.2 Å². The monoisotopic (exact) mass is 415 g/mol. The summed E-state index contributed by atoms with van der Waals surface area (Å²) in [5, 5.41) is 14.2. The van der Waals surface area contributed by atoms with E-state index in [4.69, 9.17) is 9.47 Å². The zero-order valence-corrected chi connectivity index (χ0v) is 15.5. The lowest BCUT2D eigenvalue weighted by Crippen LogP contribution is -2.08. The summed E-state index contributed by atoms with van der Waals surface area (Å²) in [6.07, 6.45) is -3.27. The zero-order valence-electron chi connectivity index (χ0n) is 14.7. The average molecular weight is 415 g/mol. The summed E-state index contributed by atoms with van der Waals surface area (Å²) in [5.41, 5.74) is 0.581. The summed E-state index contributed by atoms with van der Waals surface area (Å²) in [5.74, 6) is 1.26. The van der Waals surface area contributed by atoms with Crippen LogP contribution in [-0.2, 0) is 6.18 Å². The molecule has 0 saturated carbocycles. The van der Waals surface area contributed by atoms with Crippen LogP contribution in [0.3, 0.4) is 0 Å². The van der Waals surface area contributed by atoms with Gasteiger partial charge in [-0.05, 0) is 30.3 Å². The summed E-state index contributed by atoms with van der Waals surface area (Å²) in [4.78, 5) is 4.43. The second-order valence-electron chi connectivity index (χ2n) is 5.96. The maximum atomic E-state index is 13.1. The number of fused-ring (bicyclic) bond motifs is 1. The molecule has 0 unspecified atom stereocenters. The van der Waals surface area contributed by atoms with E-state index in [1.54, 1.807) is 17.5 Å². The van der Waals surface area contributed by atoms with E-state index in [0.29, 0.717) is 22.2 Å². The summed E-state index contributed by atoms with van der Waals surface area (Å²) in [7, 11) is 0. The van der Waals surface area contributed by atoms with Gasteiger partial charge in [0.2, 0.25) is 6.79 Å². The molecule has 2 aromatic carbocycles. The Morgan fingerprint density at radius 3 is 2.76 bits per heavy atom. The molecule has 0 spiro atoms. The van der Waals surface area contributed by atoms with Crippen molar-refractivity contribution in [2.24, 2.45) is 0 Å². The van der Waals surface area contributed by atoms with Gasteiger partial charge in [-0.3, -0.25) is 0 Å². The lowest BCUT2D eigenvalue weighted by Gasteiger charge is -2.12. The van der Waals surface area contributed by atoms with E-state index in [-0.39, 0.29) is 18.1 Å². The number of thiazole rings is 1. The van der Waals surface area contributed by atoms with E-state index in [0.717, 1.165) is 11.6 Å². The van der Waals surface area contributed by atoms with Gasteiger partial charge in [-0.25, -0.2) is 4.98 Å². The predicted molar refractivity (Wildman–Crippen MR) is 102 cm³/mol. The Morgan fingerprint density at radius 2 is 1.97 bits per heavy atom. The van der Waals surface area contributed by atoms with Crippen LogP contribution in [0.1, 0.15) is 10.6 Å². The first kappa shape index (κ1) is 18.8. The van der Waals surface area contributed by atoms with Gasteiger partial charge in [-0.15, -0.1) is 11.3 Å². The molecule has 0 radical (unpaired) electrons. The number of aromatic nitrogens is 1.